The highest BCUT2D eigenvalue weighted by molar-refractivity contribution is 5.45. The minimum atomic E-state index is -1.41. The number of hydrogen-bond donors (Lipinski definition) is 1. The lowest BCUT2D eigenvalue weighted by Gasteiger charge is -2.38. The molecule has 20 heavy (non-hydrogen) atoms. The van der Waals surface area contributed by atoms with Crippen molar-refractivity contribution in [3.05, 3.63) is 29.6 Å². The van der Waals surface area contributed by atoms with Gasteiger partial charge in [0.1, 0.15) is 0 Å². The molecule has 1 aliphatic carbocycles. The standard InChI is InChI=1S/C16H22F3N/c1-9(2)12-5-4-10(3)6-15(12)20-11-7-13(17)16(19)14(18)8-11/h7-10,12,15,20H,4-6H2,1-3H3. The van der Waals surface area contributed by atoms with Crippen LogP contribution in [0.2, 0.25) is 0 Å². The molecule has 1 aromatic carbocycles. The van der Waals surface area contributed by atoms with E-state index < -0.39 is 17.5 Å². The molecule has 0 radical (unpaired) electrons. The third-order valence-corrected chi connectivity index (χ3v) is 4.36. The summed E-state index contributed by atoms with van der Waals surface area (Å²) in [6.07, 6.45) is 3.28. The third-order valence-electron chi connectivity index (χ3n) is 4.36. The summed E-state index contributed by atoms with van der Waals surface area (Å²) in [4.78, 5) is 0. The molecule has 0 aliphatic heterocycles. The van der Waals surface area contributed by atoms with Crippen molar-refractivity contribution in [2.24, 2.45) is 17.8 Å². The molecular formula is C16H22F3N. The zero-order valence-electron chi connectivity index (χ0n) is 12.2. The number of nitrogens with one attached hydrogen (secondary N) is 1. The van der Waals surface area contributed by atoms with Crippen molar-refractivity contribution in [2.75, 3.05) is 5.32 Å². The fraction of sp³-hybridized carbons (Fsp3) is 0.625. The van der Waals surface area contributed by atoms with Crippen molar-refractivity contribution in [2.45, 2.75) is 46.1 Å². The van der Waals surface area contributed by atoms with Gasteiger partial charge in [0, 0.05) is 23.9 Å². The van der Waals surface area contributed by atoms with Gasteiger partial charge in [-0.05, 0) is 30.6 Å². The van der Waals surface area contributed by atoms with Crippen LogP contribution >= 0.6 is 0 Å². The van der Waals surface area contributed by atoms with Gasteiger partial charge in [-0.1, -0.05) is 27.2 Å². The van der Waals surface area contributed by atoms with Crippen LogP contribution in [0.15, 0.2) is 12.1 Å². The Balaban J connectivity index is 2.18. The average molecular weight is 285 g/mol. The maximum atomic E-state index is 13.3. The normalized spacial score (nSPS) is 26.9. The van der Waals surface area contributed by atoms with Crippen molar-refractivity contribution >= 4 is 5.69 Å². The molecular weight excluding hydrogens is 263 g/mol. The Morgan fingerprint density at radius 3 is 2.25 bits per heavy atom. The highest BCUT2D eigenvalue weighted by Crippen LogP contribution is 2.35. The lowest BCUT2D eigenvalue weighted by atomic mass is 9.74. The topological polar surface area (TPSA) is 12.0 Å². The lowest BCUT2D eigenvalue weighted by molar-refractivity contribution is 0.212. The zero-order chi connectivity index (χ0) is 14.9. The number of benzene rings is 1. The monoisotopic (exact) mass is 285 g/mol. The second kappa shape index (κ2) is 6.06. The van der Waals surface area contributed by atoms with Crippen LogP contribution in [0.1, 0.15) is 40.0 Å². The number of anilines is 1. The Labute approximate surface area is 118 Å². The first-order chi connectivity index (χ1) is 9.38. The molecule has 0 amide bonds. The fourth-order valence-electron chi connectivity index (χ4n) is 3.22. The van der Waals surface area contributed by atoms with Gasteiger partial charge in [-0.2, -0.15) is 0 Å². The van der Waals surface area contributed by atoms with Gasteiger partial charge in [0.15, 0.2) is 17.5 Å². The van der Waals surface area contributed by atoms with Gasteiger partial charge in [-0.15, -0.1) is 0 Å². The van der Waals surface area contributed by atoms with Gasteiger partial charge >= 0.3 is 0 Å². The third kappa shape index (κ3) is 3.28. The second-order valence-electron chi connectivity index (χ2n) is 6.33. The quantitative estimate of drug-likeness (QED) is 0.773. The molecule has 3 unspecified atom stereocenters. The Kier molecular flexibility index (Phi) is 4.61. The van der Waals surface area contributed by atoms with E-state index in [1.807, 2.05) is 0 Å². The number of halogens is 3. The largest absolute Gasteiger partial charge is 0.382 e. The van der Waals surface area contributed by atoms with Crippen LogP contribution in [0, 0.1) is 35.2 Å². The van der Waals surface area contributed by atoms with Gasteiger partial charge in [0.2, 0.25) is 0 Å². The Bertz CT molecular complexity index is 450. The molecule has 1 nitrogen and oxygen atoms in total. The van der Waals surface area contributed by atoms with E-state index in [1.165, 1.54) is 6.42 Å². The molecule has 0 bridgehead atoms. The average Bonchev–Trinajstić information content (AvgIpc) is 2.35. The highest BCUT2D eigenvalue weighted by Gasteiger charge is 2.30. The molecule has 1 fully saturated rings. The van der Waals surface area contributed by atoms with Crippen molar-refractivity contribution in [1.82, 2.24) is 0 Å². The first kappa shape index (κ1) is 15.2. The van der Waals surface area contributed by atoms with Crippen LogP contribution < -0.4 is 5.32 Å². The molecule has 4 heteroatoms. The number of hydrogen-bond acceptors (Lipinski definition) is 1. The Hall–Kier alpha value is -1.19. The molecule has 1 aliphatic rings. The second-order valence-corrected chi connectivity index (χ2v) is 6.33. The summed E-state index contributed by atoms with van der Waals surface area (Å²) in [5, 5.41) is 3.20. The number of rotatable bonds is 3. The molecule has 1 aromatic rings. The highest BCUT2D eigenvalue weighted by atomic mass is 19.2. The van der Waals surface area contributed by atoms with Gasteiger partial charge in [-0.25, -0.2) is 13.2 Å². The van der Waals surface area contributed by atoms with Gasteiger partial charge in [0.05, 0.1) is 0 Å². The summed E-state index contributed by atoms with van der Waals surface area (Å²) in [5.74, 6) is -2.11. The van der Waals surface area contributed by atoms with E-state index in [0.29, 0.717) is 23.4 Å². The van der Waals surface area contributed by atoms with E-state index in [9.17, 15) is 13.2 Å². The van der Waals surface area contributed by atoms with Gasteiger partial charge in [-0.3, -0.25) is 0 Å². The maximum absolute atomic E-state index is 13.3. The van der Waals surface area contributed by atoms with Crippen LogP contribution in [-0.2, 0) is 0 Å². The molecule has 1 saturated carbocycles. The lowest BCUT2D eigenvalue weighted by Crippen LogP contribution is -2.37. The van der Waals surface area contributed by atoms with Crippen molar-refractivity contribution < 1.29 is 13.2 Å². The molecule has 1 N–H and O–H groups in total. The molecule has 0 saturated heterocycles. The fourth-order valence-corrected chi connectivity index (χ4v) is 3.22. The van der Waals surface area contributed by atoms with E-state index in [-0.39, 0.29) is 6.04 Å². The van der Waals surface area contributed by atoms with E-state index in [2.05, 4.69) is 26.1 Å². The Morgan fingerprint density at radius 2 is 1.70 bits per heavy atom. The summed E-state index contributed by atoms with van der Waals surface area (Å²) in [6, 6.07) is 2.26. The van der Waals surface area contributed by atoms with Crippen molar-refractivity contribution in [3.63, 3.8) is 0 Å². The van der Waals surface area contributed by atoms with Gasteiger partial charge in [0.25, 0.3) is 0 Å². The van der Waals surface area contributed by atoms with Crippen LogP contribution in [-0.4, -0.2) is 6.04 Å². The summed E-state index contributed by atoms with van der Waals surface area (Å²) in [7, 11) is 0. The zero-order valence-corrected chi connectivity index (χ0v) is 12.2. The predicted molar refractivity (Wildman–Crippen MR) is 75.1 cm³/mol. The molecule has 0 heterocycles. The molecule has 112 valence electrons. The van der Waals surface area contributed by atoms with Crippen LogP contribution in [0.5, 0.6) is 0 Å². The first-order valence-corrected chi connectivity index (χ1v) is 7.29. The summed E-state index contributed by atoms with van der Waals surface area (Å²) < 4.78 is 39.5. The smallest absolute Gasteiger partial charge is 0.194 e. The SMILES string of the molecule is CC1CCC(C(C)C)C(Nc2cc(F)c(F)c(F)c2)C1. The minimum absolute atomic E-state index is 0.183. The van der Waals surface area contributed by atoms with Crippen LogP contribution in [0.4, 0.5) is 18.9 Å². The molecule has 2 rings (SSSR count). The predicted octanol–water partition coefficient (Wildman–Crippen LogP) is 4.98. The van der Waals surface area contributed by atoms with Crippen LogP contribution in [0.3, 0.4) is 0 Å². The van der Waals surface area contributed by atoms with Crippen molar-refractivity contribution in [3.8, 4) is 0 Å². The van der Waals surface area contributed by atoms with E-state index in [0.717, 1.165) is 25.0 Å². The summed E-state index contributed by atoms with van der Waals surface area (Å²) in [5.41, 5.74) is 0.325. The van der Waals surface area contributed by atoms with E-state index in [4.69, 9.17) is 0 Å². The van der Waals surface area contributed by atoms with E-state index in [1.54, 1.807) is 0 Å². The van der Waals surface area contributed by atoms with Gasteiger partial charge < -0.3 is 5.32 Å². The molecule has 0 spiro atoms. The minimum Gasteiger partial charge on any atom is -0.382 e. The summed E-state index contributed by atoms with van der Waals surface area (Å²) in [6.45, 7) is 6.53. The maximum Gasteiger partial charge on any atom is 0.194 e. The van der Waals surface area contributed by atoms with Crippen molar-refractivity contribution in [1.29, 1.82) is 0 Å². The molecule has 0 aromatic heterocycles. The van der Waals surface area contributed by atoms with E-state index >= 15 is 0 Å². The van der Waals surface area contributed by atoms with Crippen LogP contribution in [0.25, 0.3) is 0 Å². The Morgan fingerprint density at radius 1 is 1.10 bits per heavy atom. The molecule has 3 atom stereocenters. The summed E-state index contributed by atoms with van der Waals surface area (Å²) >= 11 is 0. The first-order valence-electron chi connectivity index (χ1n) is 7.29.